The molecule has 0 saturated heterocycles. The van der Waals surface area contributed by atoms with E-state index in [9.17, 15) is 9.90 Å². The van der Waals surface area contributed by atoms with E-state index < -0.39 is 12.1 Å². The summed E-state index contributed by atoms with van der Waals surface area (Å²) in [7, 11) is 0. The second-order valence-electron chi connectivity index (χ2n) is 5.90. The number of aliphatic hydroxyl groups excluding tert-OH is 1. The van der Waals surface area contributed by atoms with Gasteiger partial charge in [0, 0.05) is 9.75 Å². The van der Waals surface area contributed by atoms with Crippen LogP contribution in [0.3, 0.4) is 0 Å². The van der Waals surface area contributed by atoms with E-state index in [0.29, 0.717) is 6.42 Å². The van der Waals surface area contributed by atoms with Gasteiger partial charge in [0.05, 0.1) is 12.5 Å². The summed E-state index contributed by atoms with van der Waals surface area (Å²) in [4.78, 5) is 13.3. The zero-order chi connectivity index (χ0) is 14.0. The molecular formula is C15H22O3S. The van der Waals surface area contributed by atoms with E-state index in [1.54, 1.807) is 11.3 Å². The van der Waals surface area contributed by atoms with Crippen molar-refractivity contribution in [2.75, 3.05) is 0 Å². The highest BCUT2D eigenvalue weighted by molar-refractivity contribution is 7.12. The molecule has 1 atom stereocenters. The van der Waals surface area contributed by atoms with Crippen LogP contribution in [0.25, 0.3) is 0 Å². The molecule has 3 nitrogen and oxygen atoms in total. The number of thiophene rings is 1. The van der Waals surface area contributed by atoms with Gasteiger partial charge in [-0.05, 0) is 50.2 Å². The van der Waals surface area contributed by atoms with Crippen molar-refractivity contribution >= 4 is 17.3 Å². The van der Waals surface area contributed by atoms with Gasteiger partial charge in [0.2, 0.25) is 0 Å². The predicted molar refractivity (Wildman–Crippen MR) is 76.5 cm³/mol. The van der Waals surface area contributed by atoms with Gasteiger partial charge in [0.1, 0.15) is 0 Å². The maximum atomic E-state index is 11.1. The van der Waals surface area contributed by atoms with Crippen LogP contribution < -0.4 is 0 Å². The maximum Gasteiger partial charge on any atom is 0.303 e. The number of hydrogen-bond acceptors (Lipinski definition) is 3. The number of carboxylic acids is 1. The first kappa shape index (κ1) is 14.5. The summed E-state index contributed by atoms with van der Waals surface area (Å²) < 4.78 is 0. The Kier molecular flexibility index (Phi) is 4.31. The molecule has 2 N–H and O–H groups in total. The van der Waals surface area contributed by atoms with E-state index in [4.69, 9.17) is 5.11 Å². The normalized spacial score (nSPS) is 19.5. The zero-order valence-corrected chi connectivity index (χ0v) is 12.4. The van der Waals surface area contributed by atoms with Gasteiger partial charge in [-0.2, -0.15) is 0 Å². The lowest BCUT2D eigenvalue weighted by Crippen LogP contribution is -2.23. The first-order valence-corrected chi connectivity index (χ1v) is 7.70. The maximum absolute atomic E-state index is 11.1. The fraction of sp³-hybridized carbons (Fsp3) is 0.667. The van der Waals surface area contributed by atoms with Crippen LogP contribution in [-0.4, -0.2) is 16.2 Å². The van der Waals surface area contributed by atoms with E-state index in [2.05, 4.69) is 6.07 Å². The van der Waals surface area contributed by atoms with Gasteiger partial charge < -0.3 is 10.2 Å². The summed E-state index contributed by atoms with van der Waals surface area (Å²) in [6.07, 6.45) is 4.29. The molecule has 1 aromatic rings. The molecule has 0 aliphatic heterocycles. The highest BCUT2D eigenvalue weighted by atomic mass is 32.1. The van der Waals surface area contributed by atoms with Gasteiger partial charge in [-0.15, -0.1) is 11.3 Å². The molecule has 106 valence electrons. The molecule has 0 bridgehead atoms. The smallest absolute Gasteiger partial charge is 0.303 e. The lowest BCUT2D eigenvalue weighted by molar-refractivity contribution is -0.140. The van der Waals surface area contributed by atoms with Gasteiger partial charge in [0.15, 0.2) is 0 Å². The van der Waals surface area contributed by atoms with Crippen molar-refractivity contribution in [1.82, 2.24) is 0 Å². The summed E-state index contributed by atoms with van der Waals surface area (Å²) in [5.74, 6) is -0.742. The standard InChI is InChI=1S/C15H22O3S/c1-10-7-11(2)19-14(10)12(16)8-15(9-13(17)18)5-3-4-6-15/h7,12,16H,3-6,8-9H2,1-2H3,(H,17,18). The van der Waals surface area contributed by atoms with E-state index in [1.165, 1.54) is 4.88 Å². The summed E-state index contributed by atoms with van der Waals surface area (Å²) in [6, 6.07) is 2.09. The first-order chi connectivity index (χ1) is 8.92. The molecule has 2 rings (SSSR count). The number of hydrogen-bond donors (Lipinski definition) is 2. The van der Waals surface area contributed by atoms with Crippen LogP contribution in [0.5, 0.6) is 0 Å². The Hall–Kier alpha value is -0.870. The molecule has 0 aromatic carbocycles. The van der Waals surface area contributed by atoms with Gasteiger partial charge in [-0.25, -0.2) is 0 Å². The molecule has 19 heavy (non-hydrogen) atoms. The van der Waals surface area contributed by atoms with Crippen molar-refractivity contribution < 1.29 is 15.0 Å². The molecule has 1 unspecified atom stereocenters. The molecule has 1 heterocycles. The number of aliphatic carboxylic acids is 1. The minimum Gasteiger partial charge on any atom is -0.481 e. The number of rotatable bonds is 5. The van der Waals surface area contributed by atoms with Crippen molar-refractivity contribution in [3.8, 4) is 0 Å². The summed E-state index contributed by atoms with van der Waals surface area (Å²) in [5, 5.41) is 19.6. The SMILES string of the molecule is Cc1cc(C)c(C(O)CC2(CC(=O)O)CCCC2)s1. The van der Waals surface area contributed by atoms with E-state index >= 15 is 0 Å². The molecule has 1 aromatic heterocycles. The van der Waals surface area contributed by atoms with Crippen LogP contribution in [0.15, 0.2) is 6.07 Å². The Morgan fingerprint density at radius 1 is 1.42 bits per heavy atom. The fourth-order valence-electron chi connectivity index (χ4n) is 3.39. The summed E-state index contributed by atoms with van der Waals surface area (Å²) in [5.41, 5.74) is 0.925. The minimum absolute atomic E-state index is 0.188. The molecule has 1 aliphatic rings. The van der Waals surface area contributed by atoms with Crippen LogP contribution >= 0.6 is 11.3 Å². The largest absolute Gasteiger partial charge is 0.481 e. The van der Waals surface area contributed by atoms with E-state index in [1.807, 2.05) is 13.8 Å². The van der Waals surface area contributed by atoms with Crippen molar-refractivity contribution in [2.24, 2.45) is 5.41 Å². The van der Waals surface area contributed by atoms with E-state index in [0.717, 1.165) is 36.1 Å². The Morgan fingerprint density at radius 3 is 2.53 bits per heavy atom. The average molecular weight is 282 g/mol. The molecule has 4 heteroatoms. The molecule has 0 spiro atoms. The van der Waals surface area contributed by atoms with Gasteiger partial charge in [-0.1, -0.05) is 12.8 Å². The van der Waals surface area contributed by atoms with Gasteiger partial charge >= 0.3 is 5.97 Å². The number of aryl methyl sites for hydroxylation is 2. The van der Waals surface area contributed by atoms with Crippen molar-refractivity contribution in [2.45, 2.75) is 58.5 Å². The molecule has 0 amide bonds. The van der Waals surface area contributed by atoms with Gasteiger partial charge in [-0.3, -0.25) is 4.79 Å². The number of aliphatic hydroxyl groups is 1. The van der Waals surface area contributed by atoms with E-state index in [-0.39, 0.29) is 11.8 Å². The van der Waals surface area contributed by atoms with Crippen molar-refractivity contribution in [1.29, 1.82) is 0 Å². The second kappa shape index (κ2) is 5.63. The summed E-state index contributed by atoms with van der Waals surface area (Å²) in [6.45, 7) is 4.05. The van der Waals surface area contributed by atoms with Crippen molar-refractivity contribution in [3.05, 3.63) is 21.4 Å². The molecule has 0 radical (unpaired) electrons. The van der Waals surface area contributed by atoms with Crippen LogP contribution in [-0.2, 0) is 4.79 Å². The highest BCUT2D eigenvalue weighted by Gasteiger charge is 2.38. The monoisotopic (exact) mass is 282 g/mol. The molecular weight excluding hydrogens is 260 g/mol. The third-order valence-corrected chi connectivity index (χ3v) is 5.45. The highest BCUT2D eigenvalue weighted by Crippen LogP contribution is 2.48. The second-order valence-corrected chi connectivity index (χ2v) is 7.19. The zero-order valence-electron chi connectivity index (χ0n) is 11.6. The van der Waals surface area contributed by atoms with Crippen molar-refractivity contribution in [3.63, 3.8) is 0 Å². The van der Waals surface area contributed by atoms with Crippen LogP contribution in [0.1, 0.15) is 59.9 Å². The Bertz CT molecular complexity index is 458. The number of carboxylic acid groups (broad SMARTS) is 1. The quantitative estimate of drug-likeness (QED) is 0.863. The average Bonchev–Trinajstić information content (AvgIpc) is 2.85. The minimum atomic E-state index is -0.742. The lowest BCUT2D eigenvalue weighted by Gasteiger charge is -2.29. The summed E-state index contributed by atoms with van der Waals surface area (Å²) >= 11 is 1.63. The molecule has 1 saturated carbocycles. The Balaban J connectivity index is 2.13. The van der Waals surface area contributed by atoms with Crippen LogP contribution in [0.4, 0.5) is 0 Å². The van der Waals surface area contributed by atoms with Crippen LogP contribution in [0.2, 0.25) is 0 Å². The fourth-order valence-corrected chi connectivity index (χ4v) is 4.41. The Labute approximate surface area is 118 Å². The third-order valence-electron chi connectivity index (χ3n) is 4.20. The predicted octanol–water partition coefficient (Wildman–Crippen LogP) is 3.82. The first-order valence-electron chi connectivity index (χ1n) is 6.89. The van der Waals surface area contributed by atoms with Crippen LogP contribution in [0, 0.1) is 19.3 Å². The molecule has 1 fully saturated rings. The van der Waals surface area contributed by atoms with Gasteiger partial charge in [0.25, 0.3) is 0 Å². The lowest BCUT2D eigenvalue weighted by atomic mass is 9.77. The Morgan fingerprint density at radius 2 is 2.05 bits per heavy atom. The number of carbonyl (C=O) groups is 1. The third kappa shape index (κ3) is 3.37. The topological polar surface area (TPSA) is 57.5 Å². The molecule has 1 aliphatic carbocycles.